The fourth-order valence-electron chi connectivity index (χ4n) is 6.87. The number of halogens is 1. The topological polar surface area (TPSA) is 95.3 Å². The first-order chi connectivity index (χ1) is 24.0. The summed E-state index contributed by atoms with van der Waals surface area (Å²) in [5.74, 6) is -0.111. The molecule has 1 aromatic heterocycles. The number of para-hydroxylation sites is 2. The highest BCUT2D eigenvalue weighted by molar-refractivity contribution is 7.86. The lowest BCUT2D eigenvalue weighted by molar-refractivity contribution is 0.0734. The molecule has 262 valence electrons. The lowest BCUT2D eigenvalue weighted by atomic mass is 9.83. The molecule has 50 heavy (non-hydrogen) atoms. The van der Waals surface area contributed by atoms with Gasteiger partial charge in [0.15, 0.2) is 0 Å². The van der Waals surface area contributed by atoms with E-state index in [1.807, 2.05) is 65.6 Å². The summed E-state index contributed by atoms with van der Waals surface area (Å²) < 4.78 is 31.1. The van der Waals surface area contributed by atoms with Crippen LogP contribution in [-0.4, -0.2) is 86.9 Å². The third kappa shape index (κ3) is 7.93. The highest BCUT2D eigenvalue weighted by Crippen LogP contribution is 2.42. The van der Waals surface area contributed by atoms with E-state index < -0.39 is 16.0 Å². The number of piperazine rings is 1. The Hall–Kier alpha value is -4.51. The molecule has 1 unspecified atom stereocenters. The van der Waals surface area contributed by atoms with Crippen molar-refractivity contribution in [1.29, 1.82) is 0 Å². The molecule has 1 aliphatic heterocycles. The Labute approximate surface area is 299 Å². The van der Waals surface area contributed by atoms with Crippen LogP contribution < -0.4 is 9.08 Å². The largest absolute Gasteiger partial charge is 0.508 e. The number of aromatic hydroxyl groups is 1. The van der Waals surface area contributed by atoms with Crippen molar-refractivity contribution in [2.45, 2.75) is 25.3 Å². The Bertz CT molecular complexity index is 2060. The minimum absolute atomic E-state index is 0.0385. The van der Waals surface area contributed by atoms with Crippen molar-refractivity contribution >= 4 is 44.2 Å². The third-order valence-electron chi connectivity index (χ3n) is 9.19. The minimum Gasteiger partial charge on any atom is -0.508 e. The molecule has 9 nitrogen and oxygen atoms in total. The number of hydrogen-bond donors (Lipinski definition) is 1. The number of phenols is 1. The van der Waals surface area contributed by atoms with E-state index in [0.717, 1.165) is 58.9 Å². The Morgan fingerprint density at radius 2 is 1.48 bits per heavy atom. The Morgan fingerprint density at radius 3 is 2.12 bits per heavy atom. The summed E-state index contributed by atoms with van der Waals surface area (Å²) in [6.45, 7) is 3.98. The smallest absolute Gasteiger partial charge is 0.306 e. The molecule has 11 heteroatoms. The molecule has 4 aromatic carbocycles. The molecular formula is C39H43ClN4O5S. The number of benzene rings is 4. The van der Waals surface area contributed by atoms with E-state index in [1.54, 1.807) is 24.3 Å². The van der Waals surface area contributed by atoms with E-state index in [0.29, 0.717) is 43.4 Å². The number of hydrogen-bond acceptors (Lipinski definition) is 7. The summed E-state index contributed by atoms with van der Waals surface area (Å²) in [7, 11) is 0.418. The molecule has 5 aromatic rings. The second-order valence-electron chi connectivity index (χ2n) is 13.1. The number of rotatable bonds is 12. The van der Waals surface area contributed by atoms with Gasteiger partial charge in [0.2, 0.25) is 0 Å². The first-order valence-corrected chi connectivity index (χ1v) is 19.0. The van der Waals surface area contributed by atoms with Crippen LogP contribution in [0, 0.1) is 0 Å². The lowest BCUT2D eigenvalue weighted by Crippen LogP contribution is -2.49. The number of carbonyl (C=O) groups is 1. The fraction of sp³-hybridized carbons (Fsp3) is 0.308. The summed E-state index contributed by atoms with van der Waals surface area (Å²) in [4.78, 5) is 21.4. The van der Waals surface area contributed by atoms with E-state index in [1.165, 1.54) is 0 Å². The van der Waals surface area contributed by atoms with Crippen LogP contribution in [0.15, 0.2) is 97.1 Å². The highest BCUT2D eigenvalue weighted by Gasteiger charge is 2.33. The molecule has 2 heterocycles. The number of aryl methyl sites for hydroxylation is 1. The van der Waals surface area contributed by atoms with Gasteiger partial charge in [-0.2, -0.15) is 8.42 Å². The van der Waals surface area contributed by atoms with E-state index in [2.05, 4.69) is 40.6 Å². The zero-order valence-corrected chi connectivity index (χ0v) is 30.2. The van der Waals surface area contributed by atoms with Crippen molar-refractivity contribution in [3.63, 3.8) is 0 Å². The molecule has 1 atom stereocenters. The number of fused-ring (bicyclic) bond motifs is 1. The molecular weight excluding hydrogens is 672 g/mol. The van der Waals surface area contributed by atoms with Gasteiger partial charge in [0.05, 0.1) is 17.0 Å². The van der Waals surface area contributed by atoms with Crippen LogP contribution in [-0.2, 0) is 16.7 Å². The van der Waals surface area contributed by atoms with Crippen LogP contribution in [0.2, 0.25) is 5.02 Å². The van der Waals surface area contributed by atoms with Gasteiger partial charge in [0, 0.05) is 55.1 Å². The number of anilines is 1. The number of carbonyl (C=O) groups excluding carboxylic acids is 1. The molecule has 0 aliphatic carbocycles. The molecule has 1 amide bonds. The maximum atomic E-state index is 15.0. The van der Waals surface area contributed by atoms with Gasteiger partial charge in [-0.25, -0.2) is 0 Å². The first-order valence-electron chi connectivity index (χ1n) is 16.8. The van der Waals surface area contributed by atoms with Crippen molar-refractivity contribution in [3.05, 3.63) is 124 Å². The summed E-state index contributed by atoms with van der Waals surface area (Å²) in [5, 5.41) is 11.9. The number of phenolic OH excluding ortho intramolecular Hbond substituents is 1. The molecule has 1 aliphatic rings. The van der Waals surface area contributed by atoms with E-state index >= 15 is 4.79 Å². The summed E-state index contributed by atoms with van der Waals surface area (Å²) in [5.41, 5.74) is 5.18. The predicted octanol–water partition coefficient (Wildman–Crippen LogP) is 6.82. The van der Waals surface area contributed by atoms with Crippen LogP contribution in [0.25, 0.3) is 10.9 Å². The van der Waals surface area contributed by atoms with Crippen molar-refractivity contribution in [1.82, 2.24) is 14.4 Å². The highest BCUT2D eigenvalue weighted by atomic mass is 35.5. The third-order valence-corrected chi connectivity index (χ3v) is 10.0. The van der Waals surface area contributed by atoms with Crippen LogP contribution in [0.1, 0.15) is 45.9 Å². The Balaban J connectivity index is 1.48. The average molecular weight is 715 g/mol. The van der Waals surface area contributed by atoms with Crippen molar-refractivity contribution < 1.29 is 22.5 Å². The zero-order chi connectivity index (χ0) is 35.4. The molecule has 6 rings (SSSR count). The van der Waals surface area contributed by atoms with Gasteiger partial charge in [-0.3, -0.25) is 4.79 Å². The fourth-order valence-corrected chi connectivity index (χ4v) is 7.59. The van der Waals surface area contributed by atoms with Crippen molar-refractivity contribution in [3.8, 4) is 11.5 Å². The Kier molecular flexibility index (Phi) is 10.7. The Morgan fingerprint density at radius 1 is 0.860 bits per heavy atom. The van der Waals surface area contributed by atoms with Gasteiger partial charge >= 0.3 is 10.1 Å². The quantitative estimate of drug-likeness (QED) is 0.112. The number of nitrogens with zero attached hydrogens (tertiary/aromatic N) is 4. The van der Waals surface area contributed by atoms with Gasteiger partial charge in [-0.15, -0.1) is 0 Å². The van der Waals surface area contributed by atoms with Crippen LogP contribution in [0.3, 0.4) is 0 Å². The summed E-state index contributed by atoms with van der Waals surface area (Å²) >= 11 is 6.54. The van der Waals surface area contributed by atoms with Crippen LogP contribution >= 0.6 is 11.6 Å². The average Bonchev–Trinajstić information content (AvgIpc) is 3.41. The van der Waals surface area contributed by atoms with Gasteiger partial charge < -0.3 is 28.6 Å². The first kappa shape index (κ1) is 35.3. The molecule has 0 radical (unpaired) electrons. The molecule has 1 fully saturated rings. The number of aromatic nitrogens is 1. The van der Waals surface area contributed by atoms with Gasteiger partial charge in [-0.05, 0) is 87.1 Å². The van der Waals surface area contributed by atoms with Crippen LogP contribution in [0.5, 0.6) is 11.5 Å². The van der Waals surface area contributed by atoms with E-state index in [9.17, 15) is 13.5 Å². The number of amides is 1. The minimum atomic E-state index is -3.71. The summed E-state index contributed by atoms with van der Waals surface area (Å²) in [6.07, 6.45) is 2.88. The summed E-state index contributed by atoms with van der Waals surface area (Å²) in [6, 6.07) is 30.0. The van der Waals surface area contributed by atoms with Gasteiger partial charge in [-0.1, -0.05) is 66.2 Å². The molecule has 1 N–H and O–H groups in total. The zero-order valence-electron chi connectivity index (χ0n) is 28.6. The molecule has 0 saturated carbocycles. The van der Waals surface area contributed by atoms with Crippen molar-refractivity contribution in [2.75, 3.05) is 58.0 Å². The van der Waals surface area contributed by atoms with Gasteiger partial charge in [0.25, 0.3) is 5.91 Å². The normalized spacial score (nSPS) is 14.3. The standard InChI is InChI=1S/C39H43ClN4O5S/c1-41(2)22-8-9-23-44-34-12-6-4-10-32(34)37(38(44)39(46)43-26-24-42(25-27-43)35-13-7-5-11-33(35)40)36(28-14-18-30(45)19-15-28)29-16-20-31(21-17-29)49-50(3,47)48/h4-7,10-21,36,45H,8-9,22-27H2,1-3H3. The van der Waals surface area contributed by atoms with Crippen LogP contribution in [0.4, 0.5) is 5.69 Å². The SMILES string of the molecule is CN(C)CCCCn1c(C(=O)N2CCN(c3ccccc3Cl)CC2)c(C(c2ccc(O)cc2)c2ccc(OS(C)(=O)=O)cc2)c2ccccc21. The molecule has 1 saturated heterocycles. The van der Waals surface area contributed by atoms with E-state index in [4.69, 9.17) is 15.8 Å². The maximum Gasteiger partial charge on any atom is 0.306 e. The van der Waals surface area contributed by atoms with Gasteiger partial charge in [0.1, 0.15) is 17.2 Å². The molecule has 0 bridgehead atoms. The monoisotopic (exact) mass is 714 g/mol. The predicted molar refractivity (Wildman–Crippen MR) is 200 cm³/mol. The van der Waals surface area contributed by atoms with E-state index in [-0.39, 0.29) is 17.4 Å². The molecule has 0 spiro atoms. The second kappa shape index (κ2) is 15.2. The second-order valence-corrected chi connectivity index (χ2v) is 15.0. The lowest BCUT2D eigenvalue weighted by Gasteiger charge is -2.37. The van der Waals surface area contributed by atoms with Crippen molar-refractivity contribution in [2.24, 2.45) is 0 Å². The number of unbranched alkanes of at least 4 members (excludes halogenated alkanes) is 1. The maximum absolute atomic E-state index is 15.0.